The Morgan fingerprint density at radius 1 is 1.03 bits per heavy atom. The lowest BCUT2D eigenvalue weighted by Crippen LogP contribution is -2.46. The van der Waals surface area contributed by atoms with E-state index in [-0.39, 0.29) is 11.7 Å². The average molecular weight is 396 g/mol. The Morgan fingerprint density at radius 2 is 1.79 bits per heavy atom. The number of piperidine rings is 1. The molecule has 1 amide bonds. The molecule has 0 bridgehead atoms. The lowest BCUT2D eigenvalue weighted by Gasteiger charge is -2.37. The van der Waals surface area contributed by atoms with Crippen LogP contribution in [0.5, 0.6) is 11.5 Å². The molecule has 2 heterocycles. The number of likely N-dealkylation sites (N-methyl/N-ethyl adjacent to an activating group) is 1. The molecular formula is C23H28N2O4. The van der Waals surface area contributed by atoms with E-state index >= 15 is 0 Å². The molecule has 2 saturated heterocycles. The normalized spacial score (nSPS) is 18.7. The summed E-state index contributed by atoms with van der Waals surface area (Å²) in [5, 5.41) is 0. The predicted molar refractivity (Wildman–Crippen MR) is 110 cm³/mol. The van der Waals surface area contributed by atoms with Crippen LogP contribution in [0.1, 0.15) is 24.0 Å². The van der Waals surface area contributed by atoms with E-state index in [2.05, 4.69) is 17.0 Å². The van der Waals surface area contributed by atoms with E-state index in [4.69, 9.17) is 14.2 Å². The Balaban J connectivity index is 1.37. The minimum absolute atomic E-state index is 0.200. The molecule has 2 fully saturated rings. The fourth-order valence-corrected chi connectivity index (χ4v) is 4.10. The van der Waals surface area contributed by atoms with Crippen LogP contribution in [0.3, 0.4) is 0 Å². The second-order valence-corrected chi connectivity index (χ2v) is 7.94. The third kappa shape index (κ3) is 4.48. The van der Waals surface area contributed by atoms with Crippen LogP contribution in [0, 0.1) is 0 Å². The van der Waals surface area contributed by atoms with Gasteiger partial charge in [-0.3, -0.25) is 4.90 Å². The largest absolute Gasteiger partial charge is 0.493 e. The Hall–Kier alpha value is -2.73. The molecule has 6 nitrogen and oxygen atoms in total. The first-order chi connectivity index (χ1) is 14.1. The van der Waals surface area contributed by atoms with Crippen molar-refractivity contribution in [2.24, 2.45) is 0 Å². The van der Waals surface area contributed by atoms with E-state index in [1.807, 2.05) is 36.4 Å². The smallest absolute Gasteiger partial charge is 0.410 e. The molecule has 6 heteroatoms. The van der Waals surface area contributed by atoms with Crippen molar-refractivity contribution in [1.82, 2.24) is 9.80 Å². The number of carbonyl (C=O) groups is 1. The molecular weight excluding hydrogens is 368 g/mol. The van der Waals surface area contributed by atoms with Gasteiger partial charge < -0.3 is 19.1 Å². The second-order valence-electron chi connectivity index (χ2n) is 7.94. The fraction of sp³-hybridized carbons (Fsp3) is 0.435. The average Bonchev–Trinajstić information content (AvgIpc) is 3.02. The zero-order chi connectivity index (χ0) is 20.3. The summed E-state index contributed by atoms with van der Waals surface area (Å²) in [5.41, 5.74) is 2.01. The van der Waals surface area contributed by atoms with Gasteiger partial charge in [-0.1, -0.05) is 36.4 Å². The molecule has 4 rings (SSSR count). The number of benzene rings is 2. The topological polar surface area (TPSA) is 51.2 Å². The van der Waals surface area contributed by atoms with Crippen LogP contribution >= 0.6 is 0 Å². The van der Waals surface area contributed by atoms with Gasteiger partial charge in [0.25, 0.3) is 0 Å². The standard InChI is InChI=1S/C23H28N2O4/c1-24-17-23(29-22(24)26)10-12-25(13-11-23)15-19-8-9-20(27-2)21(14-19)28-16-18-6-4-3-5-7-18/h3-9,14H,10-13,15-17H2,1-2H3. The summed E-state index contributed by atoms with van der Waals surface area (Å²) in [6, 6.07) is 16.2. The molecule has 2 aliphatic rings. The molecule has 0 saturated carbocycles. The summed E-state index contributed by atoms with van der Waals surface area (Å²) in [6.07, 6.45) is 1.54. The van der Waals surface area contributed by atoms with Crippen molar-refractivity contribution in [3.8, 4) is 11.5 Å². The minimum atomic E-state index is -0.299. The third-order valence-corrected chi connectivity index (χ3v) is 5.78. The van der Waals surface area contributed by atoms with Gasteiger partial charge in [0.15, 0.2) is 11.5 Å². The van der Waals surface area contributed by atoms with Gasteiger partial charge in [0, 0.05) is 39.5 Å². The molecule has 0 atom stereocenters. The number of hydrogen-bond donors (Lipinski definition) is 0. The molecule has 2 aromatic rings. The molecule has 154 valence electrons. The molecule has 1 spiro atoms. The zero-order valence-electron chi connectivity index (χ0n) is 17.1. The van der Waals surface area contributed by atoms with Crippen LogP contribution in [-0.2, 0) is 17.9 Å². The maximum atomic E-state index is 11.7. The summed E-state index contributed by atoms with van der Waals surface area (Å²) in [5.74, 6) is 1.50. The van der Waals surface area contributed by atoms with Crippen molar-refractivity contribution in [2.75, 3.05) is 33.8 Å². The maximum absolute atomic E-state index is 11.7. The molecule has 0 radical (unpaired) electrons. The first-order valence-electron chi connectivity index (χ1n) is 10.1. The van der Waals surface area contributed by atoms with Crippen LogP contribution < -0.4 is 9.47 Å². The third-order valence-electron chi connectivity index (χ3n) is 5.78. The summed E-state index contributed by atoms with van der Waals surface area (Å²) in [7, 11) is 3.46. The van der Waals surface area contributed by atoms with Crippen molar-refractivity contribution in [2.45, 2.75) is 31.6 Å². The number of rotatable bonds is 6. The van der Waals surface area contributed by atoms with Gasteiger partial charge in [0.2, 0.25) is 0 Å². The van der Waals surface area contributed by atoms with E-state index in [9.17, 15) is 4.79 Å². The van der Waals surface area contributed by atoms with Crippen molar-refractivity contribution < 1.29 is 19.0 Å². The highest BCUT2D eigenvalue weighted by molar-refractivity contribution is 5.70. The van der Waals surface area contributed by atoms with Gasteiger partial charge in [-0.25, -0.2) is 4.79 Å². The van der Waals surface area contributed by atoms with Gasteiger partial charge in [0.1, 0.15) is 12.2 Å². The van der Waals surface area contributed by atoms with E-state index in [0.717, 1.165) is 49.5 Å². The Kier molecular flexibility index (Phi) is 5.62. The number of carbonyl (C=O) groups excluding carboxylic acids is 1. The number of methoxy groups -OCH3 is 1. The van der Waals surface area contributed by atoms with Crippen LogP contribution in [0.25, 0.3) is 0 Å². The zero-order valence-corrected chi connectivity index (χ0v) is 17.1. The monoisotopic (exact) mass is 396 g/mol. The molecule has 0 unspecified atom stereocenters. The summed E-state index contributed by atoms with van der Waals surface area (Å²) >= 11 is 0. The molecule has 2 aromatic carbocycles. The van der Waals surface area contributed by atoms with Gasteiger partial charge in [-0.15, -0.1) is 0 Å². The number of hydrogen-bond acceptors (Lipinski definition) is 5. The van der Waals surface area contributed by atoms with Crippen LogP contribution in [0.2, 0.25) is 0 Å². The predicted octanol–water partition coefficient (Wildman–Crippen LogP) is 3.69. The van der Waals surface area contributed by atoms with Crippen LogP contribution in [0.4, 0.5) is 4.79 Å². The van der Waals surface area contributed by atoms with E-state index in [1.165, 1.54) is 5.56 Å². The van der Waals surface area contributed by atoms with Crippen molar-refractivity contribution in [3.05, 3.63) is 59.7 Å². The number of likely N-dealkylation sites (tertiary alicyclic amines) is 1. The lowest BCUT2D eigenvalue weighted by molar-refractivity contribution is -0.00121. The molecule has 29 heavy (non-hydrogen) atoms. The van der Waals surface area contributed by atoms with Gasteiger partial charge in [-0.05, 0) is 23.3 Å². The fourth-order valence-electron chi connectivity index (χ4n) is 4.10. The quantitative estimate of drug-likeness (QED) is 0.745. The summed E-state index contributed by atoms with van der Waals surface area (Å²) < 4.78 is 17.2. The lowest BCUT2D eigenvalue weighted by atomic mass is 9.91. The van der Waals surface area contributed by atoms with Gasteiger partial charge in [-0.2, -0.15) is 0 Å². The highest BCUT2D eigenvalue weighted by Crippen LogP contribution is 2.34. The highest BCUT2D eigenvalue weighted by atomic mass is 16.6. The number of ether oxygens (including phenoxy) is 3. The molecule has 2 aliphatic heterocycles. The summed E-state index contributed by atoms with van der Waals surface area (Å²) in [6.45, 7) is 3.86. The second kappa shape index (κ2) is 8.33. The molecule has 0 aliphatic carbocycles. The van der Waals surface area contributed by atoms with Crippen LogP contribution in [-0.4, -0.2) is 55.3 Å². The Labute approximate surface area is 172 Å². The van der Waals surface area contributed by atoms with Crippen LogP contribution in [0.15, 0.2) is 48.5 Å². The van der Waals surface area contributed by atoms with Gasteiger partial charge >= 0.3 is 6.09 Å². The number of amides is 1. The Bertz CT molecular complexity index is 847. The van der Waals surface area contributed by atoms with Crippen molar-refractivity contribution in [3.63, 3.8) is 0 Å². The summed E-state index contributed by atoms with van der Waals surface area (Å²) in [4.78, 5) is 15.8. The van der Waals surface area contributed by atoms with E-state index in [1.54, 1.807) is 19.1 Å². The SMILES string of the molecule is COc1ccc(CN2CCC3(CC2)CN(C)C(=O)O3)cc1OCc1ccccc1. The van der Waals surface area contributed by atoms with E-state index in [0.29, 0.717) is 13.2 Å². The first-order valence-corrected chi connectivity index (χ1v) is 10.1. The minimum Gasteiger partial charge on any atom is -0.493 e. The molecule has 0 aromatic heterocycles. The van der Waals surface area contributed by atoms with E-state index < -0.39 is 0 Å². The first kappa shape index (κ1) is 19.6. The number of nitrogens with zero attached hydrogens (tertiary/aromatic N) is 2. The molecule has 0 N–H and O–H groups in total. The Morgan fingerprint density at radius 3 is 2.45 bits per heavy atom. The van der Waals surface area contributed by atoms with Gasteiger partial charge in [0.05, 0.1) is 13.7 Å². The van der Waals surface area contributed by atoms with Crippen molar-refractivity contribution in [1.29, 1.82) is 0 Å². The maximum Gasteiger partial charge on any atom is 0.410 e. The highest BCUT2D eigenvalue weighted by Gasteiger charge is 2.45. The van der Waals surface area contributed by atoms with Crippen molar-refractivity contribution >= 4 is 6.09 Å².